The van der Waals surface area contributed by atoms with Crippen molar-refractivity contribution in [3.05, 3.63) is 66.5 Å². The lowest BCUT2D eigenvalue weighted by Crippen LogP contribution is -2.21. The number of aromatic nitrogens is 2. The number of hydrogen-bond acceptors (Lipinski definition) is 5. The van der Waals surface area contributed by atoms with Crippen molar-refractivity contribution in [3.8, 4) is 16.9 Å². The molecule has 2 aromatic carbocycles. The van der Waals surface area contributed by atoms with E-state index in [1.165, 1.54) is 36.7 Å². The number of amides is 1. The number of aliphatic hydroxyl groups is 1. The van der Waals surface area contributed by atoms with Gasteiger partial charge >= 0.3 is 6.36 Å². The lowest BCUT2D eigenvalue weighted by molar-refractivity contribution is -0.274. The first-order chi connectivity index (χ1) is 14.2. The summed E-state index contributed by atoms with van der Waals surface area (Å²) >= 11 is 0. The van der Waals surface area contributed by atoms with Gasteiger partial charge in [-0.15, -0.1) is 13.2 Å². The molecule has 0 radical (unpaired) electrons. The lowest BCUT2D eigenvalue weighted by atomic mass is 9.94. The van der Waals surface area contributed by atoms with Gasteiger partial charge in [-0.25, -0.2) is 0 Å². The first-order valence-electron chi connectivity index (χ1n) is 8.90. The van der Waals surface area contributed by atoms with E-state index >= 15 is 0 Å². The van der Waals surface area contributed by atoms with Crippen LogP contribution in [0.5, 0.6) is 5.75 Å². The largest absolute Gasteiger partial charge is 0.573 e. The summed E-state index contributed by atoms with van der Waals surface area (Å²) in [6, 6.07) is 7.07. The predicted octanol–water partition coefficient (Wildman–Crippen LogP) is 4.05. The molecule has 9 heteroatoms. The third-order valence-electron chi connectivity index (χ3n) is 4.33. The van der Waals surface area contributed by atoms with Crippen LogP contribution in [0.3, 0.4) is 0 Å². The predicted molar refractivity (Wildman–Crippen MR) is 104 cm³/mol. The number of alkyl halides is 3. The Morgan fingerprint density at radius 1 is 1.23 bits per heavy atom. The normalized spacial score (nSPS) is 12.4. The Labute approximate surface area is 170 Å². The average molecular weight is 417 g/mol. The minimum absolute atomic E-state index is 0.0971. The number of aliphatic hydroxyl groups excluding tert-OH is 1. The molecule has 1 atom stereocenters. The molecule has 1 aromatic heterocycles. The van der Waals surface area contributed by atoms with E-state index in [9.17, 15) is 23.1 Å². The van der Waals surface area contributed by atoms with Gasteiger partial charge in [-0.3, -0.25) is 14.8 Å². The van der Waals surface area contributed by atoms with Gasteiger partial charge in [-0.1, -0.05) is 18.7 Å². The molecule has 30 heavy (non-hydrogen) atoms. The third-order valence-corrected chi connectivity index (χ3v) is 4.33. The van der Waals surface area contributed by atoms with Crippen LogP contribution >= 0.6 is 0 Å². The molecule has 0 fully saturated rings. The summed E-state index contributed by atoms with van der Waals surface area (Å²) in [5, 5.41) is 13.0. The number of hydrogen-bond donors (Lipinski definition) is 2. The summed E-state index contributed by atoms with van der Waals surface area (Å²) in [7, 11) is 0. The van der Waals surface area contributed by atoms with Crippen LogP contribution in [0.4, 0.5) is 13.2 Å². The Balaban J connectivity index is 2.13. The molecule has 0 aliphatic rings. The molecule has 1 heterocycles. The van der Waals surface area contributed by atoms with E-state index < -0.39 is 12.5 Å². The quantitative estimate of drug-likeness (QED) is 0.591. The second kappa shape index (κ2) is 8.50. The van der Waals surface area contributed by atoms with Crippen LogP contribution in [0.2, 0.25) is 0 Å². The zero-order chi connectivity index (χ0) is 21.9. The van der Waals surface area contributed by atoms with Crippen molar-refractivity contribution < 1.29 is 27.8 Å². The number of nitrogens with one attached hydrogen (secondary N) is 1. The fraction of sp³-hybridized carbons (Fsp3) is 0.190. The third kappa shape index (κ3) is 4.74. The first-order valence-corrected chi connectivity index (χ1v) is 8.90. The van der Waals surface area contributed by atoms with Gasteiger partial charge in [0, 0.05) is 30.1 Å². The number of halogens is 3. The fourth-order valence-corrected chi connectivity index (χ4v) is 3.13. The van der Waals surface area contributed by atoms with Crippen LogP contribution in [-0.2, 0) is 11.3 Å². The van der Waals surface area contributed by atoms with Gasteiger partial charge in [0.25, 0.3) is 0 Å². The summed E-state index contributed by atoms with van der Waals surface area (Å²) in [5.74, 6) is -0.735. The van der Waals surface area contributed by atoms with E-state index in [0.29, 0.717) is 33.3 Å². The van der Waals surface area contributed by atoms with Crippen LogP contribution in [0.1, 0.15) is 24.2 Å². The van der Waals surface area contributed by atoms with Crippen LogP contribution < -0.4 is 10.1 Å². The Hall–Kier alpha value is -3.46. The Morgan fingerprint density at radius 2 is 1.87 bits per heavy atom. The Morgan fingerprint density at radius 3 is 2.43 bits per heavy atom. The second-order valence-corrected chi connectivity index (χ2v) is 6.42. The summed E-state index contributed by atoms with van der Waals surface area (Å²) < 4.78 is 41.2. The maximum Gasteiger partial charge on any atom is 0.573 e. The zero-order valence-corrected chi connectivity index (χ0v) is 15.9. The van der Waals surface area contributed by atoms with E-state index in [4.69, 9.17) is 0 Å². The number of fused-ring (bicyclic) bond motifs is 1. The van der Waals surface area contributed by atoms with Crippen LogP contribution in [0.25, 0.3) is 22.2 Å². The van der Waals surface area contributed by atoms with Crippen LogP contribution in [0, 0.1) is 0 Å². The molecule has 0 aliphatic heterocycles. The molecular weight excluding hydrogens is 399 g/mol. The van der Waals surface area contributed by atoms with E-state index in [1.807, 2.05) is 0 Å². The molecule has 0 saturated carbocycles. The second-order valence-electron chi connectivity index (χ2n) is 6.42. The summed E-state index contributed by atoms with van der Waals surface area (Å²) in [6.07, 6.45) is -1.59. The molecule has 0 spiro atoms. The topological polar surface area (TPSA) is 84.3 Å². The van der Waals surface area contributed by atoms with Crippen molar-refractivity contribution in [2.24, 2.45) is 0 Å². The minimum atomic E-state index is -4.78. The van der Waals surface area contributed by atoms with Gasteiger partial charge in [0.1, 0.15) is 5.75 Å². The van der Waals surface area contributed by atoms with Crippen LogP contribution in [0.15, 0.2) is 55.4 Å². The monoisotopic (exact) mass is 417 g/mol. The highest BCUT2D eigenvalue weighted by Gasteiger charge is 2.31. The highest BCUT2D eigenvalue weighted by molar-refractivity contribution is 5.95. The van der Waals surface area contributed by atoms with Crippen molar-refractivity contribution >= 4 is 16.9 Å². The van der Waals surface area contributed by atoms with Gasteiger partial charge in [-0.2, -0.15) is 0 Å². The molecule has 0 saturated heterocycles. The summed E-state index contributed by atoms with van der Waals surface area (Å²) in [4.78, 5) is 20.3. The number of carbonyl (C=O) groups is 1. The fourth-order valence-electron chi connectivity index (χ4n) is 3.13. The van der Waals surface area contributed by atoms with E-state index in [0.717, 1.165) is 6.08 Å². The van der Waals surface area contributed by atoms with Crippen LogP contribution in [-0.4, -0.2) is 27.3 Å². The maximum atomic E-state index is 12.4. The Bertz CT molecular complexity index is 1080. The van der Waals surface area contributed by atoms with Gasteiger partial charge in [-0.05, 0) is 42.3 Å². The zero-order valence-electron chi connectivity index (χ0n) is 15.9. The number of benzene rings is 2. The molecule has 0 unspecified atom stereocenters. The molecule has 6 nitrogen and oxygen atoms in total. The average Bonchev–Trinajstić information content (AvgIpc) is 2.70. The van der Waals surface area contributed by atoms with Gasteiger partial charge in [0.15, 0.2) is 0 Å². The van der Waals surface area contributed by atoms with Gasteiger partial charge < -0.3 is 15.2 Å². The molecular formula is C21H18F3N3O3. The molecule has 0 aliphatic carbocycles. The molecule has 2 N–H and O–H groups in total. The van der Waals surface area contributed by atoms with E-state index in [-0.39, 0.29) is 18.2 Å². The van der Waals surface area contributed by atoms with Crippen molar-refractivity contribution in [2.75, 3.05) is 0 Å². The maximum absolute atomic E-state index is 12.4. The highest BCUT2D eigenvalue weighted by atomic mass is 19.4. The standard InChI is InChI=1S/C21H18F3N3O3/c1-3-17(29)27-11-14-10-16(13-4-6-15(7-5-13)30-21(22,23)24)19-20(18(14)12(2)28)26-9-8-25-19/h3-10,12,28H,1,11H2,2H3,(H,27,29)/t12-/m1/s1. The summed E-state index contributed by atoms with van der Waals surface area (Å²) in [6.45, 7) is 5.08. The smallest absolute Gasteiger partial charge is 0.406 e. The minimum Gasteiger partial charge on any atom is -0.406 e. The highest BCUT2D eigenvalue weighted by Crippen LogP contribution is 2.35. The van der Waals surface area contributed by atoms with E-state index in [2.05, 4.69) is 26.6 Å². The van der Waals surface area contributed by atoms with E-state index in [1.54, 1.807) is 13.0 Å². The first kappa shape index (κ1) is 21.3. The van der Waals surface area contributed by atoms with Crippen molar-refractivity contribution in [3.63, 3.8) is 0 Å². The number of ether oxygens (including phenoxy) is 1. The molecule has 3 rings (SSSR count). The number of rotatable bonds is 6. The van der Waals surface area contributed by atoms with Crippen molar-refractivity contribution in [1.82, 2.24) is 15.3 Å². The van der Waals surface area contributed by atoms with Gasteiger partial charge in [0.2, 0.25) is 5.91 Å². The SMILES string of the molecule is C=CC(=O)NCc1cc(-c2ccc(OC(F)(F)F)cc2)c2nccnc2c1[C@@H](C)O. The van der Waals surface area contributed by atoms with Crippen molar-refractivity contribution in [2.45, 2.75) is 25.9 Å². The van der Waals surface area contributed by atoms with Gasteiger partial charge in [0.05, 0.1) is 17.1 Å². The molecule has 0 bridgehead atoms. The molecule has 1 amide bonds. The summed E-state index contributed by atoms with van der Waals surface area (Å²) in [5.41, 5.74) is 3.16. The number of carbonyl (C=O) groups excluding carboxylic acids is 1. The Kier molecular flexibility index (Phi) is 6.02. The number of nitrogens with zero attached hydrogens (tertiary/aromatic N) is 2. The molecule has 156 valence electrons. The molecule has 3 aromatic rings. The van der Waals surface area contributed by atoms with Crippen molar-refractivity contribution in [1.29, 1.82) is 0 Å². The lowest BCUT2D eigenvalue weighted by Gasteiger charge is -2.18.